The van der Waals surface area contributed by atoms with Gasteiger partial charge in [-0.2, -0.15) is 24.9 Å². The molecule has 1 rings (SSSR count). The number of thioether (sulfide) groups is 1. The Balaban J connectivity index is 2.36. The molecule has 19 heavy (non-hydrogen) atoms. The largest absolute Gasteiger partial charge is 0.435 e. The fourth-order valence-corrected chi connectivity index (χ4v) is 2.15. The summed E-state index contributed by atoms with van der Waals surface area (Å²) in [6.07, 6.45) is -3.27. The SMILES string of the molecule is N=C(CCSCc1[nH]cnc1C(F)(F)F)NC(N)=O. The Morgan fingerprint density at radius 2 is 2.26 bits per heavy atom. The summed E-state index contributed by atoms with van der Waals surface area (Å²) in [7, 11) is 0. The number of imidazole rings is 1. The molecule has 0 saturated carbocycles. The number of aromatic nitrogens is 2. The van der Waals surface area contributed by atoms with Gasteiger partial charge in [0.05, 0.1) is 12.0 Å². The lowest BCUT2D eigenvalue weighted by Crippen LogP contribution is -2.34. The van der Waals surface area contributed by atoms with E-state index in [0.29, 0.717) is 5.75 Å². The van der Waals surface area contributed by atoms with Crippen molar-refractivity contribution in [2.45, 2.75) is 18.3 Å². The molecule has 10 heteroatoms. The molecule has 1 aromatic rings. The molecule has 106 valence electrons. The predicted octanol–water partition coefficient (Wildman–Crippen LogP) is 1.70. The third-order valence-electron chi connectivity index (χ3n) is 2.00. The van der Waals surface area contributed by atoms with Gasteiger partial charge in [-0.1, -0.05) is 0 Å². The Hall–Kier alpha value is -1.71. The summed E-state index contributed by atoms with van der Waals surface area (Å²) >= 11 is 1.19. The lowest BCUT2D eigenvalue weighted by atomic mass is 10.3. The lowest BCUT2D eigenvalue weighted by Gasteiger charge is -2.06. The van der Waals surface area contributed by atoms with Gasteiger partial charge < -0.3 is 10.7 Å². The Kier molecular flexibility index (Phi) is 5.21. The minimum atomic E-state index is -4.48. The highest BCUT2D eigenvalue weighted by Crippen LogP contribution is 2.31. The number of amidine groups is 1. The second-order valence-electron chi connectivity index (χ2n) is 3.50. The fraction of sp³-hybridized carbons (Fsp3) is 0.444. The minimum absolute atomic E-state index is 0.00751. The van der Waals surface area contributed by atoms with E-state index in [1.165, 1.54) is 11.8 Å². The van der Waals surface area contributed by atoms with Crippen molar-refractivity contribution in [2.24, 2.45) is 5.73 Å². The lowest BCUT2D eigenvalue weighted by molar-refractivity contribution is -0.141. The number of alkyl halides is 3. The van der Waals surface area contributed by atoms with Crippen molar-refractivity contribution in [3.63, 3.8) is 0 Å². The standard InChI is InChI=1S/C9H12F3N5OS/c10-9(11,12)7-5(15-4-16-7)3-19-2-1-6(13)17-8(14)18/h4H,1-3H2,(H,15,16)(H4,13,14,17,18). The van der Waals surface area contributed by atoms with Crippen molar-refractivity contribution in [1.82, 2.24) is 15.3 Å². The van der Waals surface area contributed by atoms with Gasteiger partial charge in [0.2, 0.25) is 0 Å². The first-order valence-electron chi connectivity index (χ1n) is 5.11. The van der Waals surface area contributed by atoms with Crippen LogP contribution in [0.15, 0.2) is 6.33 Å². The van der Waals surface area contributed by atoms with E-state index < -0.39 is 17.9 Å². The van der Waals surface area contributed by atoms with Gasteiger partial charge >= 0.3 is 12.2 Å². The van der Waals surface area contributed by atoms with Gasteiger partial charge in [-0.15, -0.1) is 0 Å². The molecule has 6 nitrogen and oxygen atoms in total. The number of amides is 2. The van der Waals surface area contributed by atoms with E-state index in [1.54, 1.807) is 0 Å². The summed E-state index contributed by atoms with van der Waals surface area (Å²) in [5, 5.41) is 9.37. The zero-order valence-electron chi connectivity index (χ0n) is 9.67. The Labute approximate surface area is 110 Å². The van der Waals surface area contributed by atoms with Crippen molar-refractivity contribution in [2.75, 3.05) is 5.75 Å². The average molecular weight is 295 g/mol. The molecule has 0 bridgehead atoms. The predicted molar refractivity (Wildman–Crippen MR) is 64.8 cm³/mol. The molecular weight excluding hydrogens is 283 g/mol. The molecule has 0 aliphatic heterocycles. The van der Waals surface area contributed by atoms with E-state index in [9.17, 15) is 18.0 Å². The van der Waals surface area contributed by atoms with E-state index in [4.69, 9.17) is 11.1 Å². The van der Waals surface area contributed by atoms with Gasteiger partial charge in [0.25, 0.3) is 0 Å². The number of rotatable bonds is 5. The molecule has 1 heterocycles. The van der Waals surface area contributed by atoms with Crippen molar-refractivity contribution in [1.29, 1.82) is 5.41 Å². The highest BCUT2D eigenvalue weighted by atomic mass is 32.2. The maximum Gasteiger partial charge on any atom is 0.435 e. The van der Waals surface area contributed by atoms with Crippen molar-refractivity contribution >= 4 is 23.6 Å². The molecule has 0 radical (unpaired) electrons. The number of carbonyl (C=O) groups excluding carboxylic acids is 1. The highest BCUT2D eigenvalue weighted by Gasteiger charge is 2.35. The summed E-state index contributed by atoms with van der Waals surface area (Å²) in [5.74, 6) is 0.411. The normalized spacial score (nSPS) is 11.3. The molecule has 0 spiro atoms. The number of primary amides is 1. The van der Waals surface area contributed by atoms with Gasteiger partial charge in [-0.3, -0.25) is 10.7 Å². The maximum atomic E-state index is 12.5. The summed E-state index contributed by atoms with van der Waals surface area (Å²) in [6.45, 7) is 0. The summed E-state index contributed by atoms with van der Waals surface area (Å²) in [6, 6.07) is -0.831. The van der Waals surface area contributed by atoms with Crippen LogP contribution in [-0.2, 0) is 11.9 Å². The second-order valence-corrected chi connectivity index (χ2v) is 4.60. The van der Waals surface area contributed by atoms with Crippen LogP contribution in [0.4, 0.5) is 18.0 Å². The molecule has 0 aromatic carbocycles. The molecule has 0 saturated heterocycles. The Morgan fingerprint density at radius 3 is 2.84 bits per heavy atom. The third kappa shape index (κ3) is 5.20. The van der Waals surface area contributed by atoms with E-state index in [2.05, 4.69) is 15.3 Å². The average Bonchev–Trinajstić information content (AvgIpc) is 2.71. The van der Waals surface area contributed by atoms with Crippen LogP contribution in [-0.4, -0.2) is 27.6 Å². The zero-order chi connectivity index (χ0) is 14.5. The number of hydrogen-bond donors (Lipinski definition) is 4. The number of carbonyl (C=O) groups is 1. The van der Waals surface area contributed by atoms with Crippen LogP contribution in [0, 0.1) is 5.41 Å². The monoisotopic (exact) mass is 295 g/mol. The molecule has 0 unspecified atom stereocenters. The number of H-pyrrole nitrogens is 1. The number of urea groups is 1. The van der Waals surface area contributed by atoms with Crippen LogP contribution in [0.1, 0.15) is 17.8 Å². The number of nitrogens with zero attached hydrogens (tertiary/aromatic N) is 1. The fourth-order valence-electron chi connectivity index (χ4n) is 1.24. The number of nitrogens with one attached hydrogen (secondary N) is 3. The first-order chi connectivity index (χ1) is 8.80. The summed E-state index contributed by atoms with van der Waals surface area (Å²) in [4.78, 5) is 16.1. The first kappa shape index (κ1) is 15.3. The number of hydrogen-bond acceptors (Lipinski definition) is 4. The smallest absolute Gasteiger partial charge is 0.351 e. The molecule has 0 atom stereocenters. The maximum absolute atomic E-state index is 12.5. The molecule has 1 aromatic heterocycles. The quantitative estimate of drug-likeness (QED) is 0.377. The van der Waals surface area contributed by atoms with Crippen LogP contribution in [0.5, 0.6) is 0 Å². The van der Waals surface area contributed by atoms with Crippen LogP contribution < -0.4 is 11.1 Å². The Bertz CT molecular complexity index is 459. The summed E-state index contributed by atoms with van der Waals surface area (Å²) < 4.78 is 37.4. The van der Waals surface area contributed by atoms with Crippen molar-refractivity contribution in [3.8, 4) is 0 Å². The Morgan fingerprint density at radius 1 is 1.58 bits per heavy atom. The first-order valence-corrected chi connectivity index (χ1v) is 6.27. The topological polar surface area (TPSA) is 108 Å². The minimum Gasteiger partial charge on any atom is -0.351 e. The molecule has 0 aliphatic carbocycles. The van der Waals surface area contributed by atoms with Gasteiger partial charge in [0.1, 0.15) is 5.84 Å². The van der Waals surface area contributed by atoms with Gasteiger partial charge in [0.15, 0.2) is 5.69 Å². The third-order valence-corrected chi connectivity index (χ3v) is 2.99. The van der Waals surface area contributed by atoms with Crippen LogP contribution in [0.3, 0.4) is 0 Å². The van der Waals surface area contributed by atoms with Crippen molar-refractivity contribution in [3.05, 3.63) is 17.7 Å². The molecule has 0 aliphatic rings. The van der Waals surface area contributed by atoms with Gasteiger partial charge in [-0.25, -0.2) is 9.78 Å². The second kappa shape index (κ2) is 6.45. The van der Waals surface area contributed by atoms with Crippen molar-refractivity contribution < 1.29 is 18.0 Å². The van der Waals surface area contributed by atoms with E-state index in [-0.39, 0.29) is 23.7 Å². The molecular formula is C9H12F3N5OS. The summed E-state index contributed by atoms with van der Waals surface area (Å²) in [5.41, 5.74) is 3.87. The number of nitrogens with two attached hydrogens (primary N) is 1. The number of halogens is 3. The molecule has 0 fully saturated rings. The van der Waals surface area contributed by atoms with Gasteiger partial charge in [0, 0.05) is 17.9 Å². The molecule has 5 N–H and O–H groups in total. The van der Waals surface area contributed by atoms with E-state index in [0.717, 1.165) is 6.33 Å². The van der Waals surface area contributed by atoms with E-state index >= 15 is 0 Å². The van der Waals surface area contributed by atoms with E-state index in [1.807, 2.05) is 0 Å². The zero-order valence-corrected chi connectivity index (χ0v) is 10.5. The van der Waals surface area contributed by atoms with Gasteiger partial charge in [-0.05, 0) is 0 Å². The van der Waals surface area contributed by atoms with Crippen LogP contribution in [0.25, 0.3) is 0 Å². The van der Waals surface area contributed by atoms with Crippen LogP contribution in [0.2, 0.25) is 0 Å². The molecule has 2 amide bonds. The number of aromatic amines is 1. The highest BCUT2D eigenvalue weighted by molar-refractivity contribution is 7.98. The van der Waals surface area contributed by atoms with Crippen LogP contribution >= 0.6 is 11.8 Å².